The first-order chi connectivity index (χ1) is 15.9. The Bertz CT molecular complexity index is 1170. The van der Waals surface area contributed by atoms with E-state index in [0.29, 0.717) is 18.8 Å². The molecule has 2 aromatic carbocycles. The van der Waals surface area contributed by atoms with Gasteiger partial charge in [-0.2, -0.15) is 0 Å². The molecule has 2 aromatic heterocycles. The second-order valence-corrected chi connectivity index (χ2v) is 8.22. The lowest BCUT2D eigenvalue weighted by atomic mass is 9.84. The molecule has 4 nitrogen and oxygen atoms in total. The first-order valence-electron chi connectivity index (χ1n) is 11.0. The predicted octanol–water partition coefficient (Wildman–Crippen LogP) is 6.16. The van der Waals surface area contributed by atoms with Gasteiger partial charge in [-0.3, -0.25) is 4.90 Å². The highest BCUT2D eigenvalue weighted by atomic mass is 19.1. The molecule has 172 valence electrons. The van der Waals surface area contributed by atoms with Crippen LogP contribution >= 0.6 is 0 Å². The monoisotopic (exact) mass is 451 g/mol. The van der Waals surface area contributed by atoms with Crippen LogP contribution in [0.15, 0.2) is 81.6 Å². The Morgan fingerprint density at radius 2 is 1.39 bits per heavy atom. The molecule has 0 fully saturated rings. The summed E-state index contributed by atoms with van der Waals surface area (Å²) in [6.07, 6.45) is 0.948. The number of furan rings is 2. The minimum atomic E-state index is -1.85. The molecule has 1 N–H and O–H groups in total. The van der Waals surface area contributed by atoms with Crippen molar-refractivity contribution < 1.29 is 22.7 Å². The first-order valence-corrected chi connectivity index (χ1v) is 11.0. The largest absolute Gasteiger partial charge is 0.465 e. The molecule has 0 atom stereocenters. The average Bonchev–Trinajstić information content (AvgIpc) is 3.42. The Balaban J connectivity index is 1.67. The number of aryl methyl sites for hydroxylation is 1. The van der Waals surface area contributed by atoms with E-state index >= 15 is 0 Å². The van der Waals surface area contributed by atoms with E-state index in [2.05, 4.69) is 11.8 Å². The smallest absolute Gasteiger partial charge is 0.173 e. The summed E-state index contributed by atoms with van der Waals surface area (Å²) in [6.45, 7) is 5.95. The molecule has 0 amide bonds. The van der Waals surface area contributed by atoms with Gasteiger partial charge in [0.2, 0.25) is 0 Å². The maximum atomic E-state index is 14.0. The van der Waals surface area contributed by atoms with Gasteiger partial charge in [0.1, 0.15) is 34.7 Å². The summed E-state index contributed by atoms with van der Waals surface area (Å²) in [6, 6.07) is 18.6. The summed E-state index contributed by atoms with van der Waals surface area (Å²) in [7, 11) is 0. The van der Waals surface area contributed by atoms with E-state index in [4.69, 9.17) is 8.83 Å². The van der Waals surface area contributed by atoms with Gasteiger partial charge in [-0.25, -0.2) is 8.78 Å². The number of benzene rings is 2. The van der Waals surface area contributed by atoms with Gasteiger partial charge in [-0.15, -0.1) is 0 Å². The Kier molecular flexibility index (Phi) is 6.77. The molecule has 0 saturated carbocycles. The number of hydrogen-bond donors (Lipinski definition) is 1. The molecule has 0 aliphatic carbocycles. The molecule has 0 aliphatic heterocycles. The maximum absolute atomic E-state index is 14.0. The number of nitrogens with zero attached hydrogens (tertiary/aromatic N) is 1. The van der Waals surface area contributed by atoms with E-state index in [1.165, 1.54) is 36.4 Å². The lowest BCUT2D eigenvalue weighted by Crippen LogP contribution is -2.28. The highest BCUT2D eigenvalue weighted by Gasteiger charge is 2.38. The Morgan fingerprint density at radius 1 is 0.818 bits per heavy atom. The zero-order valence-electron chi connectivity index (χ0n) is 18.7. The predicted molar refractivity (Wildman–Crippen MR) is 121 cm³/mol. The van der Waals surface area contributed by atoms with Gasteiger partial charge in [0.25, 0.3) is 0 Å². The van der Waals surface area contributed by atoms with Crippen molar-refractivity contribution in [2.45, 2.75) is 39.0 Å². The standard InChI is InChI=1S/C27H27F2NO3/c1-3-14-30(17-24-11-10-19(2)32-24)18-25-12-13-26(33-25)27(31,20-6-4-8-22(28)15-20)21-7-5-9-23(29)16-21/h4-13,15-16,31H,3,14,17-18H2,1-2H3. The van der Waals surface area contributed by atoms with Crippen LogP contribution in [0.25, 0.3) is 0 Å². The lowest BCUT2D eigenvalue weighted by Gasteiger charge is -2.27. The highest BCUT2D eigenvalue weighted by Crippen LogP contribution is 2.38. The number of hydrogen-bond acceptors (Lipinski definition) is 4. The van der Waals surface area contributed by atoms with Crippen LogP contribution in [0.2, 0.25) is 0 Å². The first kappa shape index (κ1) is 23.0. The van der Waals surface area contributed by atoms with Gasteiger partial charge in [0.15, 0.2) is 5.60 Å². The van der Waals surface area contributed by atoms with Crippen LogP contribution in [-0.2, 0) is 18.7 Å². The molecular formula is C27H27F2NO3. The molecule has 33 heavy (non-hydrogen) atoms. The van der Waals surface area contributed by atoms with Crippen molar-refractivity contribution in [1.82, 2.24) is 4.90 Å². The summed E-state index contributed by atoms with van der Waals surface area (Å²) in [4.78, 5) is 2.18. The van der Waals surface area contributed by atoms with Crippen LogP contribution in [0.4, 0.5) is 8.78 Å². The van der Waals surface area contributed by atoms with Crippen molar-refractivity contribution in [3.05, 3.63) is 119 Å². The van der Waals surface area contributed by atoms with Gasteiger partial charge < -0.3 is 13.9 Å². The van der Waals surface area contributed by atoms with E-state index < -0.39 is 17.2 Å². The number of aliphatic hydroxyl groups is 1. The third-order valence-electron chi connectivity index (χ3n) is 5.60. The summed E-state index contributed by atoms with van der Waals surface area (Å²) >= 11 is 0. The summed E-state index contributed by atoms with van der Waals surface area (Å²) < 4.78 is 39.9. The molecule has 0 unspecified atom stereocenters. The average molecular weight is 452 g/mol. The quantitative estimate of drug-likeness (QED) is 0.331. The van der Waals surface area contributed by atoms with Gasteiger partial charge in [-0.1, -0.05) is 31.2 Å². The van der Waals surface area contributed by atoms with E-state index in [1.807, 2.05) is 19.1 Å². The molecule has 0 spiro atoms. The summed E-state index contributed by atoms with van der Waals surface area (Å²) in [5.74, 6) is 1.54. The van der Waals surface area contributed by atoms with Crippen LogP contribution in [0.1, 0.15) is 47.5 Å². The van der Waals surface area contributed by atoms with Crippen molar-refractivity contribution in [2.75, 3.05) is 6.54 Å². The molecule has 0 radical (unpaired) electrons. The zero-order valence-corrected chi connectivity index (χ0v) is 18.7. The van der Waals surface area contributed by atoms with Crippen LogP contribution in [0, 0.1) is 18.6 Å². The molecule has 0 aliphatic rings. The Labute approximate surface area is 192 Å². The van der Waals surface area contributed by atoms with E-state index in [0.717, 1.165) is 24.5 Å². The van der Waals surface area contributed by atoms with E-state index in [9.17, 15) is 13.9 Å². The highest BCUT2D eigenvalue weighted by molar-refractivity contribution is 5.44. The van der Waals surface area contributed by atoms with Gasteiger partial charge in [0, 0.05) is 0 Å². The fourth-order valence-electron chi connectivity index (χ4n) is 4.08. The van der Waals surface area contributed by atoms with Gasteiger partial charge in [0.05, 0.1) is 13.1 Å². The molecule has 4 rings (SSSR count). The summed E-state index contributed by atoms with van der Waals surface area (Å²) in [5.41, 5.74) is -1.34. The third kappa shape index (κ3) is 5.07. The minimum Gasteiger partial charge on any atom is -0.465 e. The molecule has 4 aromatic rings. The van der Waals surface area contributed by atoms with Crippen LogP contribution in [-0.4, -0.2) is 16.6 Å². The zero-order chi connectivity index (χ0) is 23.4. The SMILES string of the molecule is CCCN(Cc1ccc(C)o1)Cc1ccc(C(O)(c2cccc(F)c2)c2cccc(F)c2)o1. The van der Waals surface area contributed by atoms with Crippen molar-refractivity contribution in [1.29, 1.82) is 0 Å². The number of halogens is 2. The number of rotatable bonds is 9. The van der Waals surface area contributed by atoms with Crippen molar-refractivity contribution in [2.24, 2.45) is 0 Å². The molecule has 2 heterocycles. The molecule has 0 bridgehead atoms. The fourth-order valence-corrected chi connectivity index (χ4v) is 4.08. The Morgan fingerprint density at radius 3 is 1.91 bits per heavy atom. The van der Waals surface area contributed by atoms with E-state index in [-0.39, 0.29) is 16.9 Å². The van der Waals surface area contributed by atoms with Gasteiger partial charge in [-0.05, 0) is 79.5 Å². The van der Waals surface area contributed by atoms with Crippen LogP contribution in [0.5, 0.6) is 0 Å². The summed E-state index contributed by atoms with van der Waals surface area (Å²) in [5, 5.41) is 11.8. The second-order valence-electron chi connectivity index (χ2n) is 8.22. The molecule has 0 saturated heterocycles. The van der Waals surface area contributed by atoms with Crippen molar-refractivity contribution >= 4 is 0 Å². The topological polar surface area (TPSA) is 49.8 Å². The van der Waals surface area contributed by atoms with Crippen LogP contribution < -0.4 is 0 Å². The lowest BCUT2D eigenvalue weighted by molar-refractivity contribution is 0.0943. The second kappa shape index (κ2) is 9.73. The third-order valence-corrected chi connectivity index (χ3v) is 5.60. The van der Waals surface area contributed by atoms with Crippen molar-refractivity contribution in [3.8, 4) is 0 Å². The molecular weight excluding hydrogens is 424 g/mol. The maximum Gasteiger partial charge on any atom is 0.173 e. The van der Waals surface area contributed by atoms with Crippen LogP contribution in [0.3, 0.4) is 0 Å². The van der Waals surface area contributed by atoms with E-state index in [1.54, 1.807) is 24.3 Å². The fraction of sp³-hybridized carbons (Fsp3) is 0.259. The van der Waals surface area contributed by atoms with Gasteiger partial charge >= 0.3 is 0 Å². The normalized spacial score (nSPS) is 11.9. The Hall–Kier alpha value is -3.22. The van der Waals surface area contributed by atoms with Crippen molar-refractivity contribution in [3.63, 3.8) is 0 Å². The minimum absolute atomic E-state index is 0.194. The molecule has 6 heteroatoms.